The van der Waals surface area contributed by atoms with E-state index in [0.717, 1.165) is 12.8 Å². The Kier molecular flexibility index (Phi) is 3.18. The second-order valence-electron chi connectivity index (χ2n) is 4.36. The smallest absolute Gasteiger partial charge is 0.337 e. The molecule has 1 fully saturated rings. The Balaban J connectivity index is 2.32. The van der Waals surface area contributed by atoms with Gasteiger partial charge in [-0.2, -0.15) is 0 Å². The number of aromatic carboxylic acids is 1. The largest absolute Gasteiger partial charge is 0.478 e. The molecule has 1 aliphatic rings. The van der Waals surface area contributed by atoms with Gasteiger partial charge in [-0.1, -0.05) is 0 Å². The van der Waals surface area contributed by atoms with Crippen LogP contribution in [0.3, 0.4) is 0 Å². The lowest BCUT2D eigenvalue weighted by Gasteiger charge is -2.23. The zero-order valence-corrected chi connectivity index (χ0v) is 10.1. The third kappa shape index (κ3) is 2.13. The molecular weight excluding hydrogens is 234 g/mol. The number of carboxylic acid groups (broad SMARTS) is 1. The number of hydrogen-bond donors (Lipinski definition) is 2. The van der Waals surface area contributed by atoms with Crippen molar-refractivity contribution in [1.29, 1.82) is 0 Å². The first-order valence-electron chi connectivity index (χ1n) is 5.77. The summed E-state index contributed by atoms with van der Waals surface area (Å²) in [5, 5.41) is 8.93. The standard InChI is InChI=1S/C12H15N3O3/c1-7-8(12(17)18)4-5-10(14-7)15-6-2-3-9(15)11(13)16/h4-5,9H,2-3,6H2,1H3,(H2,13,16)(H,17,18). The molecular formula is C12H15N3O3. The highest BCUT2D eigenvalue weighted by Gasteiger charge is 2.30. The van der Waals surface area contributed by atoms with Gasteiger partial charge >= 0.3 is 5.97 Å². The molecule has 0 saturated carbocycles. The van der Waals surface area contributed by atoms with Crippen LogP contribution in [0, 0.1) is 6.92 Å². The molecule has 0 aliphatic carbocycles. The van der Waals surface area contributed by atoms with Crippen molar-refractivity contribution >= 4 is 17.7 Å². The van der Waals surface area contributed by atoms with Crippen LogP contribution in [0.2, 0.25) is 0 Å². The Hall–Kier alpha value is -2.11. The Morgan fingerprint density at radius 2 is 2.22 bits per heavy atom. The number of carboxylic acids is 1. The van der Waals surface area contributed by atoms with E-state index in [4.69, 9.17) is 10.8 Å². The number of aromatic nitrogens is 1. The van der Waals surface area contributed by atoms with E-state index >= 15 is 0 Å². The Morgan fingerprint density at radius 3 is 2.78 bits per heavy atom. The maximum Gasteiger partial charge on any atom is 0.337 e. The molecule has 0 bridgehead atoms. The first-order chi connectivity index (χ1) is 8.50. The molecule has 6 nitrogen and oxygen atoms in total. The summed E-state index contributed by atoms with van der Waals surface area (Å²) in [6.07, 6.45) is 1.60. The molecule has 0 radical (unpaired) electrons. The summed E-state index contributed by atoms with van der Waals surface area (Å²) in [5.41, 5.74) is 5.95. The molecule has 1 aromatic heterocycles. The molecule has 0 spiro atoms. The predicted octanol–water partition coefficient (Wildman–Crippen LogP) is 0.542. The zero-order valence-electron chi connectivity index (χ0n) is 10.1. The van der Waals surface area contributed by atoms with Gasteiger partial charge in [-0.25, -0.2) is 9.78 Å². The summed E-state index contributed by atoms with van der Waals surface area (Å²) in [4.78, 5) is 28.3. The second kappa shape index (κ2) is 4.64. The second-order valence-corrected chi connectivity index (χ2v) is 4.36. The quantitative estimate of drug-likeness (QED) is 0.815. The van der Waals surface area contributed by atoms with E-state index in [9.17, 15) is 9.59 Å². The van der Waals surface area contributed by atoms with E-state index < -0.39 is 5.97 Å². The van der Waals surface area contributed by atoms with Crippen molar-refractivity contribution < 1.29 is 14.7 Å². The lowest BCUT2D eigenvalue weighted by Crippen LogP contribution is -2.40. The van der Waals surface area contributed by atoms with Crippen LogP contribution < -0.4 is 10.6 Å². The fourth-order valence-electron chi connectivity index (χ4n) is 2.27. The molecule has 18 heavy (non-hydrogen) atoms. The van der Waals surface area contributed by atoms with Gasteiger partial charge < -0.3 is 15.7 Å². The summed E-state index contributed by atoms with van der Waals surface area (Å²) in [5.74, 6) is -0.757. The predicted molar refractivity (Wildman–Crippen MR) is 65.5 cm³/mol. The van der Waals surface area contributed by atoms with Gasteiger partial charge in [0.15, 0.2) is 0 Å². The van der Waals surface area contributed by atoms with Crippen LogP contribution >= 0.6 is 0 Å². The summed E-state index contributed by atoms with van der Waals surface area (Å²) >= 11 is 0. The Morgan fingerprint density at radius 1 is 1.50 bits per heavy atom. The van der Waals surface area contributed by atoms with Gasteiger partial charge in [-0.15, -0.1) is 0 Å². The molecule has 1 amide bonds. The number of nitrogens with zero attached hydrogens (tertiary/aromatic N) is 2. The van der Waals surface area contributed by atoms with Crippen molar-refractivity contribution in [1.82, 2.24) is 4.98 Å². The number of pyridine rings is 1. The highest BCUT2D eigenvalue weighted by Crippen LogP contribution is 2.24. The summed E-state index contributed by atoms with van der Waals surface area (Å²) in [6, 6.07) is 2.79. The van der Waals surface area contributed by atoms with E-state index in [1.807, 2.05) is 4.90 Å². The van der Waals surface area contributed by atoms with Gasteiger partial charge in [0.2, 0.25) is 5.91 Å². The highest BCUT2D eigenvalue weighted by molar-refractivity contribution is 5.89. The molecule has 96 valence electrons. The van der Waals surface area contributed by atoms with E-state index in [-0.39, 0.29) is 17.5 Å². The molecule has 6 heteroatoms. The fourth-order valence-corrected chi connectivity index (χ4v) is 2.27. The van der Waals surface area contributed by atoms with Crippen molar-refractivity contribution in [2.45, 2.75) is 25.8 Å². The number of hydrogen-bond acceptors (Lipinski definition) is 4. The average molecular weight is 249 g/mol. The van der Waals surface area contributed by atoms with Crippen molar-refractivity contribution in [3.63, 3.8) is 0 Å². The van der Waals surface area contributed by atoms with Crippen LogP contribution in [0.15, 0.2) is 12.1 Å². The lowest BCUT2D eigenvalue weighted by molar-refractivity contribution is -0.119. The van der Waals surface area contributed by atoms with Gasteiger partial charge in [-0.05, 0) is 31.9 Å². The van der Waals surface area contributed by atoms with E-state index in [1.165, 1.54) is 6.07 Å². The van der Waals surface area contributed by atoms with Crippen LogP contribution in [0.4, 0.5) is 5.82 Å². The number of primary amides is 1. The van der Waals surface area contributed by atoms with Gasteiger partial charge in [0.1, 0.15) is 11.9 Å². The molecule has 1 unspecified atom stereocenters. The third-order valence-electron chi connectivity index (χ3n) is 3.18. The maximum atomic E-state index is 11.3. The molecule has 2 rings (SSSR count). The van der Waals surface area contributed by atoms with Gasteiger partial charge in [0.25, 0.3) is 0 Å². The summed E-state index contributed by atoms with van der Waals surface area (Å²) in [7, 11) is 0. The first-order valence-corrected chi connectivity index (χ1v) is 5.77. The first kappa shape index (κ1) is 12.3. The van der Waals surface area contributed by atoms with Gasteiger partial charge in [0.05, 0.1) is 11.3 Å². The van der Waals surface area contributed by atoms with Crippen molar-refractivity contribution in [3.8, 4) is 0 Å². The Bertz CT molecular complexity index is 501. The summed E-state index contributed by atoms with van der Waals surface area (Å²) in [6.45, 7) is 2.36. The molecule has 1 aromatic rings. The van der Waals surface area contributed by atoms with E-state index in [1.54, 1.807) is 13.0 Å². The third-order valence-corrected chi connectivity index (χ3v) is 3.18. The number of aryl methyl sites for hydroxylation is 1. The number of carbonyl (C=O) groups is 2. The van der Waals surface area contributed by atoms with E-state index in [0.29, 0.717) is 18.1 Å². The number of carbonyl (C=O) groups excluding carboxylic acids is 1. The molecule has 0 aromatic carbocycles. The highest BCUT2D eigenvalue weighted by atomic mass is 16.4. The minimum absolute atomic E-state index is 0.175. The van der Waals surface area contributed by atoms with Gasteiger partial charge in [0, 0.05) is 6.54 Å². The minimum Gasteiger partial charge on any atom is -0.478 e. The topological polar surface area (TPSA) is 96.5 Å². The Labute approximate surface area is 104 Å². The van der Waals surface area contributed by atoms with Crippen LogP contribution in [-0.4, -0.2) is 34.6 Å². The van der Waals surface area contributed by atoms with Crippen molar-refractivity contribution in [2.24, 2.45) is 5.73 Å². The average Bonchev–Trinajstić information content (AvgIpc) is 2.77. The minimum atomic E-state index is -1.00. The zero-order chi connectivity index (χ0) is 13.3. The molecule has 1 aliphatic heterocycles. The fraction of sp³-hybridized carbons (Fsp3) is 0.417. The monoisotopic (exact) mass is 249 g/mol. The number of rotatable bonds is 3. The molecule has 1 saturated heterocycles. The number of anilines is 1. The normalized spacial score (nSPS) is 18.9. The van der Waals surface area contributed by atoms with Crippen LogP contribution in [0.25, 0.3) is 0 Å². The number of amides is 1. The van der Waals surface area contributed by atoms with Crippen LogP contribution in [0.1, 0.15) is 28.9 Å². The number of nitrogens with two attached hydrogens (primary N) is 1. The van der Waals surface area contributed by atoms with E-state index in [2.05, 4.69) is 4.98 Å². The molecule has 3 N–H and O–H groups in total. The lowest BCUT2D eigenvalue weighted by atomic mass is 10.2. The SMILES string of the molecule is Cc1nc(N2CCCC2C(N)=O)ccc1C(=O)O. The molecule has 2 heterocycles. The van der Waals surface area contributed by atoms with Crippen LogP contribution in [0.5, 0.6) is 0 Å². The summed E-state index contributed by atoms with van der Waals surface area (Å²) < 4.78 is 0. The van der Waals surface area contributed by atoms with Crippen molar-refractivity contribution in [3.05, 3.63) is 23.4 Å². The molecule has 1 atom stereocenters. The maximum absolute atomic E-state index is 11.3. The van der Waals surface area contributed by atoms with Crippen LogP contribution in [-0.2, 0) is 4.79 Å². The van der Waals surface area contributed by atoms with Gasteiger partial charge in [-0.3, -0.25) is 4.79 Å². The van der Waals surface area contributed by atoms with Crippen molar-refractivity contribution in [2.75, 3.05) is 11.4 Å².